The third-order valence-corrected chi connectivity index (χ3v) is 4.63. The van der Waals surface area contributed by atoms with Crippen LogP contribution in [0.5, 0.6) is 0 Å². The fourth-order valence-electron chi connectivity index (χ4n) is 3.67. The van der Waals surface area contributed by atoms with E-state index in [2.05, 4.69) is 16.0 Å². The number of likely N-dealkylation sites (N-methyl/N-ethyl adjacent to an activating group) is 1. The van der Waals surface area contributed by atoms with Crippen LogP contribution in [0.15, 0.2) is 0 Å². The van der Waals surface area contributed by atoms with E-state index in [1.54, 1.807) is 13.8 Å². The Morgan fingerprint density at radius 3 is 2.36 bits per heavy atom. The van der Waals surface area contributed by atoms with Gasteiger partial charge in [-0.1, -0.05) is 0 Å². The summed E-state index contributed by atoms with van der Waals surface area (Å²) < 4.78 is 18.8. The van der Waals surface area contributed by atoms with Gasteiger partial charge in [0.25, 0.3) is 0 Å². The highest BCUT2D eigenvalue weighted by atomic mass is 19.1. The number of ether oxygens (including phenoxy) is 1. The van der Waals surface area contributed by atoms with Crippen molar-refractivity contribution < 1.29 is 23.5 Å². The lowest BCUT2D eigenvalue weighted by molar-refractivity contribution is -0.249. The van der Waals surface area contributed by atoms with Crippen LogP contribution in [0.25, 0.3) is 0 Å². The number of alkyl carbamates (subject to hydrolysis) is 1. The van der Waals surface area contributed by atoms with Crippen molar-refractivity contribution in [2.24, 2.45) is 5.41 Å². The van der Waals surface area contributed by atoms with Crippen molar-refractivity contribution in [1.82, 2.24) is 16.0 Å². The fraction of sp³-hybridized carbons (Fsp3) is 0.786. The summed E-state index contributed by atoms with van der Waals surface area (Å²) in [4.78, 5) is 35.1. The number of nitrogens with one attached hydrogen (secondary N) is 3. The minimum atomic E-state index is -1.37. The van der Waals surface area contributed by atoms with Crippen LogP contribution in [0.1, 0.15) is 33.1 Å². The molecule has 0 aliphatic heterocycles. The monoisotopic (exact) mass is 315 g/mol. The minimum Gasteiger partial charge on any atom is -0.447 e. The van der Waals surface area contributed by atoms with Crippen LogP contribution in [0.2, 0.25) is 0 Å². The van der Waals surface area contributed by atoms with Crippen LogP contribution in [0.3, 0.4) is 0 Å². The first-order valence-electron chi connectivity index (χ1n) is 7.29. The van der Waals surface area contributed by atoms with Gasteiger partial charge in [0.15, 0.2) is 0 Å². The van der Waals surface area contributed by atoms with Crippen LogP contribution < -0.4 is 16.0 Å². The smallest absolute Gasteiger partial charge is 0.407 e. The van der Waals surface area contributed by atoms with Gasteiger partial charge < -0.3 is 20.7 Å². The summed E-state index contributed by atoms with van der Waals surface area (Å²) in [6, 6.07) is 0. The molecule has 0 spiro atoms. The molecular formula is C14H22FN3O4. The molecule has 0 radical (unpaired) electrons. The summed E-state index contributed by atoms with van der Waals surface area (Å²) in [5.41, 5.74) is -3.26. The Hall–Kier alpha value is -1.86. The molecule has 8 heteroatoms. The lowest BCUT2D eigenvalue weighted by Crippen LogP contribution is -2.82. The molecule has 1 atom stereocenters. The summed E-state index contributed by atoms with van der Waals surface area (Å²) in [5, 5.41) is 7.52. The van der Waals surface area contributed by atoms with Crippen molar-refractivity contribution in [2.75, 3.05) is 13.6 Å². The largest absolute Gasteiger partial charge is 0.447 e. The highest BCUT2D eigenvalue weighted by Crippen LogP contribution is 2.73. The molecule has 0 aromatic heterocycles. The molecule has 7 nitrogen and oxygen atoms in total. The van der Waals surface area contributed by atoms with Crippen LogP contribution >= 0.6 is 0 Å². The Morgan fingerprint density at radius 1 is 1.36 bits per heavy atom. The highest BCUT2D eigenvalue weighted by molar-refractivity contribution is 5.91. The molecule has 3 rings (SSSR count). The van der Waals surface area contributed by atoms with Gasteiger partial charge in [0, 0.05) is 12.5 Å². The first-order valence-corrected chi connectivity index (χ1v) is 7.29. The first-order chi connectivity index (χ1) is 10.2. The molecular weight excluding hydrogens is 293 g/mol. The predicted molar refractivity (Wildman–Crippen MR) is 75.7 cm³/mol. The average Bonchev–Trinajstić information content (AvgIpc) is 2.37. The summed E-state index contributed by atoms with van der Waals surface area (Å²) in [6.07, 6.45) is 0.0326. The maximum absolute atomic E-state index is 13.9. The van der Waals surface area contributed by atoms with Gasteiger partial charge in [-0.2, -0.15) is 0 Å². The van der Waals surface area contributed by atoms with Crippen molar-refractivity contribution >= 4 is 18.4 Å². The van der Waals surface area contributed by atoms with Gasteiger partial charge in [-0.05, 0) is 33.1 Å². The maximum Gasteiger partial charge on any atom is 0.407 e. The van der Waals surface area contributed by atoms with Gasteiger partial charge in [0.1, 0.15) is 11.2 Å². The number of halogens is 1. The molecule has 3 N–H and O–H groups in total. The van der Waals surface area contributed by atoms with E-state index in [1.807, 2.05) is 0 Å². The normalized spacial score (nSPS) is 31.1. The molecule has 3 fully saturated rings. The predicted octanol–water partition coefficient (Wildman–Crippen LogP) is 0.244. The minimum absolute atomic E-state index is 0.146. The Bertz CT molecular complexity index is 477. The second kappa shape index (κ2) is 5.40. The van der Waals surface area contributed by atoms with Crippen molar-refractivity contribution in [3.63, 3.8) is 0 Å². The van der Waals surface area contributed by atoms with Crippen LogP contribution in [0, 0.1) is 5.41 Å². The SMILES string of the molecule is CNC(=O)C(CNC(=O)OC(C)C)(NC=O)C12CC(F)(C1)C2. The van der Waals surface area contributed by atoms with Gasteiger partial charge in [0.2, 0.25) is 12.3 Å². The summed E-state index contributed by atoms with van der Waals surface area (Å²) in [6.45, 7) is 3.25. The maximum atomic E-state index is 13.9. The summed E-state index contributed by atoms with van der Waals surface area (Å²) in [7, 11) is 1.44. The van der Waals surface area contributed by atoms with Crippen LogP contribution in [-0.4, -0.2) is 49.3 Å². The number of amides is 3. The van der Waals surface area contributed by atoms with Crippen molar-refractivity contribution in [2.45, 2.75) is 50.4 Å². The van der Waals surface area contributed by atoms with E-state index in [-0.39, 0.29) is 31.9 Å². The van der Waals surface area contributed by atoms with E-state index in [4.69, 9.17) is 4.74 Å². The molecule has 3 amide bonds. The van der Waals surface area contributed by atoms with Gasteiger partial charge in [-0.25, -0.2) is 9.18 Å². The molecule has 2 bridgehead atoms. The molecule has 3 aliphatic carbocycles. The molecule has 22 heavy (non-hydrogen) atoms. The molecule has 124 valence electrons. The molecule has 3 aliphatic rings. The standard InChI is InChI=1S/C14H22FN3O4/c1-9(2)22-11(21)17-7-14(18-8-19,10(20)16-3)12-4-13(15,5-12)6-12/h8-9H,4-7H2,1-3H3,(H,16,20)(H,17,21)(H,18,19). The second-order valence-corrected chi connectivity index (χ2v) is 6.52. The third kappa shape index (κ3) is 2.40. The fourth-order valence-corrected chi connectivity index (χ4v) is 3.67. The van der Waals surface area contributed by atoms with E-state index in [0.717, 1.165) is 0 Å². The van der Waals surface area contributed by atoms with E-state index >= 15 is 0 Å². The zero-order valence-electron chi connectivity index (χ0n) is 13.0. The third-order valence-electron chi connectivity index (χ3n) is 4.63. The van der Waals surface area contributed by atoms with E-state index in [0.29, 0.717) is 6.41 Å². The molecule has 3 saturated carbocycles. The quantitative estimate of drug-likeness (QED) is 0.587. The van der Waals surface area contributed by atoms with E-state index < -0.39 is 28.6 Å². The van der Waals surface area contributed by atoms with Crippen LogP contribution in [0.4, 0.5) is 9.18 Å². The topological polar surface area (TPSA) is 96.5 Å². The summed E-state index contributed by atoms with van der Waals surface area (Å²) >= 11 is 0. The first kappa shape index (κ1) is 16.5. The molecule has 0 heterocycles. The van der Waals surface area contributed by atoms with Gasteiger partial charge in [0.05, 0.1) is 12.6 Å². The van der Waals surface area contributed by atoms with Crippen molar-refractivity contribution in [1.29, 1.82) is 0 Å². The Morgan fingerprint density at radius 2 is 1.95 bits per heavy atom. The lowest BCUT2D eigenvalue weighted by Gasteiger charge is -2.71. The number of alkyl halides is 1. The number of carbonyl (C=O) groups is 3. The second-order valence-electron chi connectivity index (χ2n) is 6.52. The average molecular weight is 315 g/mol. The van der Waals surface area contributed by atoms with Crippen LogP contribution in [-0.2, 0) is 14.3 Å². The Balaban J connectivity index is 2.16. The molecule has 1 unspecified atom stereocenters. The Kier molecular flexibility index (Phi) is 4.06. The number of carbonyl (C=O) groups excluding carboxylic acids is 3. The van der Waals surface area contributed by atoms with Gasteiger partial charge in [-0.15, -0.1) is 0 Å². The van der Waals surface area contributed by atoms with Gasteiger partial charge in [-0.3, -0.25) is 9.59 Å². The van der Waals surface area contributed by atoms with Gasteiger partial charge >= 0.3 is 6.09 Å². The summed E-state index contributed by atoms with van der Waals surface area (Å²) in [5.74, 6) is -0.453. The highest BCUT2D eigenvalue weighted by Gasteiger charge is 2.78. The number of rotatable bonds is 7. The Labute approximate surface area is 128 Å². The molecule has 0 aromatic rings. The number of hydrogen-bond acceptors (Lipinski definition) is 4. The number of hydrogen-bond donors (Lipinski definition) is 3. The molecule has 0 saturated heterocycles. The van der Waals surface area contributed by atoms with E-state index in [1.165, 1.54) is 7.05 Å². The zero-order valence-corrected chi connectivity index (χ0v) is 13.0. The van der Waals surface area contributed by atoms with Crippen molar-refractivity contribution in [3.8, 4) is 0 Å². The molecule has 0 aromatic carbocycles. The van der Waals surface area contributed by atoms with Crippen molar-refractivity contribution in [3.05, 3.63) is 0 Å². The lowest BCUT2D eigenvalue weighted by atomic mass is 9.36. The zero-order chi connectivity index (χ0) is 16.6. The van der Waals surface area contributed by atoms with E-state index in [9.17, 15) is 18.8 Å².